The zero-order chi connectivity index (χ0) is 12.2. The fraction of sp³-hybridized carbons (Fsp3) is 0.923. The van der Waals surface area contributed by atoms with E-state index >= 15 is 0 Å². The van der Waals surface area contributed by atoms with E-state index < -0.39 is 5.54 Å². The molecule has 0 aromatic carbocycles. The third-order valence-corrected chi connectivity index (χ3v) is 3.87. The third-order valence-electron chi connectivity index (χ3n) is 3.87. The average molecular weight is 226 g/mol. The van der Waals surface area contributed by atoms with Crippen molar-refractivity contribution in [3.8, 4) is 0 Å². The van der Waals surface area contributed by atoms with Gasteiger partial charge < -0.3 is 10.2 Å². The summed E-state index contributed by atoms with van der Waals surface area (Å²) in [6.07, 6.45) is 4.85. The van der Waals surface area contributed by atoms with Crippen molar-refractivity contribution in [1.29, 1.82) is 0 Å². The molecule has 0 spiro atoms. The minimum atomic E-state index is -0.425. The van der Waals surface area contributed by atoms with Gasteiger partial charge in [-0.15, -0.1) is 0 Å². The molecule has 0 aromatic heterocycles. The Balaban J connectivity index is 2.58. The first kappa shape index (κ1) is 13.5. The highest BCUT2D eigenvalue weighted by molar-refractivity contribution is 5.85. The standard InChI is InChI=1S/C13H26N2O/c1-5-11-7-6-9-15(10-8-11)12(16)13(2,3)14-4/h11,14H,5-10H2,1-4H3. The number of nitrogens with one attached hydrogen (secondary N) is 1. The molecule has 1 aliphatic rings. The highest BCUT2D eigenvalue weighted by Crippen LogP contribution is 2.21. The second-order valence-corrected chi connectivity index (χ2v) is 5.37. The second kappa shape index (κ2) is 5.67. The number of nitrogens with zero attached hydrogens (tertiary/aromatic N) is 1. The van der Waals surface area contributed by atoms with Gasteiger partial charge in [-0.2, -0.15) is 0 Å². The monoisotopic (exact) mass is 226 g/mol. The highest BCUT2D eigenvalue weighted by Gasteiger charge is 2.31. The molecule has 94 valence electrons. The van der Waals surface area contributed by atoms with Gasteiger partial charge in [0, 0.05) is 13.1 Å². The van der Waals surface area contributed by atoms with Crippen LogP contribution in [0.25, 0.3) is 0 Å². The molecule has 1 amide bonds. The summed E-state index contributed by atoms with van der Waals surface area (Å²) in [6, 6.07) is 0. The van der Waals surface area contributed by atoms with E-state index in [1.165, 1.54) is 19.3 Å². The molecule has 1 atom stereocenters. The molecule has 1 heterocycles. The van der Waals surface area contributed by atoms with E-state index in [0.29, 0.717) is 0 Å². The van der Waals surface area contributed by atoms with Gasteiger partial charge in [0.2, 0.25) is 5.91 Å². The Morgan fingerprint density at radius 3 is 2.62 bits per heavy atom. The SMILES string of the molecule is CCC1CCCN(C(=O)C(C)(C)NC)CC1. The Morgan fingerprint density at radius 2 is 2.06 bits per heavy atom. The van der Waals surface area contributed by atoms with Crippen LogP contribution < -0.4 is 5.32 Å². The number of amides is 1. The zero-order valence-electron chi connectivity index (χ0n) is 11.2. The van der Waals surface area contributed by atoms with Crippen molar-refractivity contribution in [1.82, 2.24) is 10.2 Å². The Morgan fingerprint density at radius 1 is 1.38 bits per heavy atom. The second-order valence-electron chi connectivity index (χ2n) is 5.37. The normalized spacial score (nSPS) is 23.0. The van der Waals surface area contributed by atoms with Crippen molar-refractivity contribution in [2.24, 2.45) is 5.92 Å². The van der Waals surface area contributed by atoms with E-state index in [1.54, 1.807) is 0 Å². The first-order valence-corrected chi connectivity index (χ1v) is 6.49. The van der Waals surface area contributed by atoms with Crippen LogP contribution in [0.15, 0.2) is 0 Å². The van der Waals surface area contributed by atoms with Crippen LogP contribution in [0.5, 0.6) is 0 Å². The number of hydrogen-bond donors (Lipinski definition) is 1. The van der Waals surface area contributed by atoms with E-state index in [-0.39, 0.29) is 5.91 Å². The van der Waals surface area contributed by atoms with Gasteiger partial charge >= 0.3 is 0 Å². The van der Waals surface area contributed by atoms with Gasteiger partial charge in [-0.25, -0.2) is 0 Å². The molecular weight excluding hydrogens is 200 g/mol. The number of likely N-dealkylation sites (tertiary alicyclic amines) is 1. The lowest BCUT2D eigenvalue weighted by molar-refractivity contribution is -0.136. The molecule has 0 bridgehead atoms. The summed E-state index contributed by atoms with van der Waals surface area (Å²) >= 11 is 0. The summed E-state index contributed by atoms with van der Waals surface area (Å²) in [4.78, 5) is 14.3. The maximum atomic E-state index is 12.3. The lowest BCUT2D eigenvalue weighted by Crippen LogP contribution is -2.53. The van der Waals surface area contributed by atoms with E-state index in [9.17, 15) is 4.79 Å². The van der Waals surface area contributed by atoms with Crippen LogP contribution in [-0.2, 0) is 4.79 Å². The van der Waals surface area contributed by atoms with E-state index in [2.05, 4.69) is 12.2 Å². The van der Waals surface area contributed by atoms with Crippen LogP contribution in [0.3, 0.4) is 0 Å². The Labute approximate surface area is 99.6 Å². The van der Waals surface area contributed by atoms with Gasteiger partial charge in [-0.05, 0) is 46.1 Å². The lowest BCUT2D eigenvalue weighted by Gasteiger charge is -2.31. The predicted molar refractivity (Wildman–Crippen MR) is 67.4 cm³/mol. The van der Waals surface area contributed by atoms with E-state index in [0.717, 1.165) is 25.4 Å². The van der Waals surface area contributed by atoms with Gasteiger partial charge in [0.15, 0.2) is 0 Å². The van der Waals surface area contributed by atoms with Crippen LogP contribution in [0.2, 0.25) is 0 Å². The van der Waals surface area contributed by atoms with Crippen molar-refractivity contribution < 1.29 is 4.79 Å². The fourth-order valence-electron chi connectivity index (χ4n) is 2.28. The van der Waals surface area contributed by atoms with Crippen LogP contribution in [0, 0.1) is 5.92 Å². The molecule has 1 fully saturated rings. The molecule has 3 nitrogen and oxygen atoms in total. The topological polar surface area (TPSA) is 32.3 Å². The zero-order valence-corrected chi connectivity index (χ0v) is 11.2. The summed E-state index contributed by atoms with van der Waals surface area (Å²) < 4.78 is 0. The molecule has 0 radical (unpaired) electrons. The van der Waals surface area contributed by atoms with Crippen molar-refractivity contribution in [2.75, 3.05) is 20.1 Å². The van der Waals surface area contributed by atoms with Crippen LogP contribution in [-0.4, -0.2) is 36.5 Å². The van der Waals surface area contributed by atoms with Crippen molar-refractivity contribution in [2.45, 2.75) is 52.0 Å². The molecule has 0 aliphatic carbocycles. The molecule has 1 unspecified atom stereocenters. The molecule has 0 saturated carbocycles. The number of likely N-dealkylation sites (N-methyl/N-ethyl adjacent to an activating group) is 1. The van der Waals surface area contributed by atoms with Crippen LogP contribution in [0.1, 0.15) is 46.5 Å². The summed E-state index contributed by atoms with van der Waals surface area (Å²) in [5, 5.41) is 3.09. The molecule has 1 N–H and O–H groups in total. The van der Waals surface area contributed by atoms with E-state index in [1.807, 2.05) is 25.8 Å². The first-order chi connectivity index (χ1) is 7.51. The average Bonchev–Trinajstić information content (AvgIpc) is 2.52. The van der Waals surface area contributed by atoms with Gasteiger partial charge in [0.25, 0.3) is 0 Å². The quantitative estimate of drug-likeness (QED) is 0.798. The maximum absolute atomic E-state index is 12.3. The summed E-state index contributed by atoms with van der Waals surface area (Å²) in [5.74, 6) is 1.06. The molecule has 3 heteroatoms. The molecular formula is C13H26N2O. The third kappa shape index (κ3) is 3.21. The molecule has 1 aliphatic heterocycles. The van der Waals surface area contributed by atoms with Gasteiger partial charge in [0.05, 0.1) is 5.54 Å². The predicted octanol–water partition coefficient (Wildman–Crippen LogP) is 2.02. The Bertz CT molecular complexity index is 238. The van der Waals surface area contributed by atoms with Crippen LogP contribution >= 0.6 is 0 Å². The number of carbonyl (C=O) groups is 1. The van der Waals surface area contributed by atoms with E-state index in [4.69, 9.17) is 0 Å². The largest absolute Gasteiger partial charge is 0.341 e. The minimum Gasteiger partial charge on any atom is -0.341 e. The lowest BCUT2D eigenvalue weighted by atomic mass is 9.98. The Hall–Kier alpha value is -0.570. The van der Waals surface area contributed by atoms with Crippen LogP contribution in [0.4, 0.5) is 0 Å². The molecule has 1 saturated heterocycles. The smallest absolute Gasteiger partial charge is 0.242 e. The Kier molecular flexibility index (Phi) is 4.78. The maximum Gasteiger partial charge on any atom is 0.242 e. The molecule has 0 aromatic rings. The minimum absolute atomic E-state index is 0.242. The van der Waals surface area contributed by atoms with Crippen molar-refractivity contribution in [3.63, 3.8) is 0 Å². The summed E-state index contributed by atoms with van der Waals surface area (Å²) in [7, 11) is 1.85. The van der Waals surface area contributed by atoms with Crippen molar-refractivity contribution in [3.05, 3.63) is 0 Å². The number of carbonyl (C=O) groups excluding carboxylic acids is 1. The molecule has 1 rings (SSSR count). The number of hydrogen-bond acceptors (Lipinski definition) is 2. The van der Waals surface area contributed by atoms with Gasteiger partial charge in [0.1, 0.15) is 0 Å². The molecule has 16 heavy (non-hydrogen) atoms. The highest BCUT2D eigenvalue weighted by atomic mass is 16.2. The van der Waals surface area contributed by atoms with Gasteiger partial charge in [-0.1, -0.05) is 13.3 Å². The fourth-order valence-corrected chi connectivity index (χ4v) is 2.28. The first-order valence-electron chi connectivity index (χ1n) is 6.49. The summed E-state index contributed by atoms with van der Waals surface area (Å²) in [5.41, 5.74) is -0.425. The number of rotatable bonds is 3. The summed E-state index contributed by atoms with van der Waals surface area (Å²) in [6.45, 7) is 8.03. The van der Waals surface area contributed by atoms with Crippen molar-refractivity contribution >= 4 is 5.91 Å². The van der Waals surface area contributed by atoms with Gasteiger partial charge in [-0.3, -0.25) is 4.79 Å².